The van der Waals surface area contributed by atoms with Crippen LogP contribution in [0.5, 0.6) is 0 Å². The van der Waals surface area contributed by atoms with Gasteiger partial charge in [0.15, 0.2) is 5.82 Å². The van der Waals surface area contributed by atoms with Crippen molar-refractivity contribution >= 4 is 44.9 Å². The van der Waals surface area contributed by atoms with Crippen LogP contribution in [0.2, 0.25) is 0 Å². The minimum Gasteiger partial charge on any atom is -0.336 e. The van der Waals surface area contributed by atoms with Gasteiger partial charge in [0, 0.05) is 29.3 Å². The van der Waals surface area contributed by atoms with Crippen molar-refractivity contribution in [3.63, 3.8) is 0 Å². The number of amides is 1. The predicted molar refractivity (Wildman–Crippen MR) is 146 cm³/mol. The monoisotopic (exact) mass is 505 g/mol. The molecular weight excluding hydrogens is 482 g/mol. The maximum Gasteiger partial charge on any atom is 0.227 e. The molecule has 1 amide bonds. The molecular formula is C28H23N7OS. The molecule has 1 aliphatic carbocycles. The summed E-state index contributed by atoms with van der Waals surface area (Å²) in [6.45, 7) is 0. The number of fused-ring (bicyclic) bond motifs is 2. The summed E-state index contributed by atoms with van der Waals surface area (Å²) in [6.07, 6.45) is 9.49. The van der Waals surface area contributed by atoms with E-state index in [-0.39, 0.29) is 11.8 Å². The van der Waals surface area contributed by atoms with Crippen molar-refractivity contribution in [2.75, 3.05) is 5.32 Å². The highest BCUT2D eigenvalue weighted by Crippen LogP contribution is 2.34. The lowest BCUT2D eigenvalue weighted by Crippen LogP contribution is -2.20. The molecule has 182 valence electrons. The Kier molecular flexibility index (Phi) is 5.28. The van der Waals surface area contributed by atoms with Gasteiger partial charge in [-0.15, -0.1) is 11.3 Å². The van der Waals surface area contributed by atoms with Gasteiger partial charge in [-0.1, -0.05) is 25.0 Å². The standard InChI is InChI=1S/C28H23N7OS/c36-28(16-4-1-2-5-16)31-19-12-18(14-29-15-19)17-7-8-21-20(13-17)24(35-34-21)27-32-22-9-10-30-26(25(22)33-27)23-6-3-11-37-23/h3,6-16H,1-2,4-5H2,(H,31,36)(H,32,33)(H,34,35). The number of thiophene rings is 1. The van der Waals surface area contributed by atoms with Gasteiger partial charge in [-0.3, -0.25) is 19.9 Å². The number of rotatable bonds is 5. The van der Waals surface area contributed by atoms with Gasteiger partial charge in [0.2, 0.25) is 5.91 Å². The van der Waals surface area contributed by atoms with Crippen molar-refractivity contribution in [1.29, 1.82) is 0 Å². The fourth-order valence-corrected chi connectivity index (χ4v) is 5.84. The molecule has 5 heterocycles. The molecule has 8 nitrogen and oxygen atoms in total. The second kappa shape index (κ2) is 8.94. The molecule has 1 aromatic carbocycles. The highest BCUT2D eigenvalue weighted by Gasteiger charge is 2.23. The maximum absolute atomic E-state index is 12.6. The molecule has 9 heteroatoms. The number of benzene rings is 1. The number of hydrogen-bond donors (Lipinski definition) is 3. The molecule has 37 heavy (non-hydrogen) atoms. The number of carbonyl (C=O) groups excluding carboxylic acids is 1. The van der Waals surface area contributed by atoms with Gasteiger partial charge < -0.3 is 10.3 Å². The van der Waals surface area contributed by atoms with Crippen molar-refractivity contribution in [1.82, 2.24) is 30.1 Å². The van der Waals surface area contributed by atoms with Gasteiger partial charge in [-0.2, -0.15) is 5.10 Å². The minimum atomic E-state index is 0.0883. The molecule has 1 fully saturated rings. The third-order valence-electron chi connectivity index (χ3n) is 7.01. The number of aromatic amines is 2. The Bertz CT molecular complexity index is 1750. The van der Waals surface area contributed by atoms with Gasteiger partial charge in [0.1, 0.15) is 16.9 Å². The molecule has 0 saturated heterocycles. The van der Waals surface area contributed by atoms with Crippen LogP contribution in [0.1, 0.15) is 25.7 Å². The predicted octanol–water partition coefficient (Wildman–Crippen LogP) is 6.42. The summed E-state index contributed by atoms with van der Waals surface area (Å²) < 4.78 is 0. The van der Waals surface area contributed by atoms with Crippen LogP contribution in [0.4, 0.5) is 5.69 Å². The highest BCUT2D eigenvalue weighted by molar-refractivity contribution is 7.13. The molecule has 6 aromatic rings. The zero-order valence-corrected chi connectivity index (χ0v) is 20.7. The Balaban J connectivity index is 1.25. The zero-order chi connectivity index (χ0) is 24.8. The lowest BCUT2D eigenvalue weighted by atomic mass is 10.0. The van der Waals surface area contributed by atoms with Crippen LogP contribution in [0.15, 0.2) is 66.4 Å². The summed E-state index contributed by atoms with van der Waals surface area (Å²) in [5.41, 5.74) is 6.87. The Morgan fingerprint density at radius 1 is 1.00 bits per heavy atom. The molecule has 5 aromatic heterocycles. The van der Waals surface area contributed by atoms with Crippen molar-refractivity contribution < 1.29 is 4.79 Å². The second-order valence-electron chi connectivity index (χ2n) is 9.38. The average molecular weight is 506 g/mol. The molecule has 0 atom stereocenters. The van der Waals surface area contributed by atoms with Gasteiger partial charge >= 0.3 is 0 Å². The maximum atomic E-state index is 12.6. The zero-order valence-electron chi connectivity index (χ0n) is 19.9. The highest BCUT2D eigenvalue weighted by atomic mass is 32.1. The number of imidazole rings is 1. The van der Waals surface area contributed by atoms with Gasteiger partial charge in [0.25, 0.3) is 0 Å². The second-order valence-corrected chi connectivity index (χ2v) is 10.3. The first-order chi connectivity index (χ1) is 18.2. The number of nitrogens with one attached hydrogen (secondary N) is 3. The summed E-state index contributed by atoms with van der Waals surface area (Å²) in [5, 5.41) is 13.7. The summed E-state index contributed by atoms with van der Waals surface area (Å²) in [7, 11) is 0. The number of hydrogen-bond acceptors (Lipinski definition) is 6. The number of pyridine rings is 2. The number of aromatic nitrogens is 6. The first-order valence-electron chi connectivity index (χ1n) is 12.4. The van der Waals surface area contributed by atoms with Crippen molar-refractivity contribution in [2.24, 2.45) is 5.92 Å². The molecule has 0 bridgehead atoms. The van der Waals surface area contributed by atoms with Crippen molar-refractivity contribution in [3.8, 4) is 33.2 Å². The van der Waals surface area contributed by atoms with Crippen molar-refractivity contribution in [3.05, 3.63) is 66.4 Å². The summed E-state index contributed by atoms with van der Waals surface area (Å²) >= 11 is 1.64. The molecule has 3 N–H and O–H groups in total. The molecule has 0 unspecified atom stereocenters. The molecule has 1 saturated carbocycles. The van der Waals surface area contributed by atoms with Crippen LogP contribution < -0.4 is 5.32 Å². The number of carbonyl (C=O) groups is 1. The van der Waals surface area contributed by atoms with E-state index in [1.54, 1.807) is 23.7 Å². The third kappa shape index (κ3) is 3.97. The van der Waals surface area contributed by atoms with E-state index in [1.807, 2.05) is 41.9 Å². The Morgan fingerprint density at radius 3 is 2.78 bits per heavy atom. The van der Waals surface area contributed by atoms with E-state index < -0.39 is 0 Å². The van der Waals surface area contributed by atoms with E-state index in [0.717, 1.165) is 75.0 Å². The van der Waals surface area contributed by atoms with Crippen LogP contribution in [-0.4, -0.2) is 36.0 Å². The summed E-state index contributed by atoms with van der Waals surface area (Å²) in [5.74, 6) is 0.873. The summed E-state index contributed by atoms with van der Waals surface area (Å²) in [6, 6.07) is 14.1. The molecule has 1 aliphatic rings. The quantitative estimate of drug-likeness (QED) is 0.250. The van der Waals surface area contributed by atoms with Gasteiger partial charge in [0.05, 0.1) is 27.8 Å². The van der Waals surface area contributed by atoms with Gasteiger partial charge in [-0.25, -0.2) is 4.98 Å². The first-order valence-corrected chi connectivity index (χ1v) is 13.2. The van der Waals surface area contributed by atoms with Crippen LogP contribution in [0, 0.1) is 5.92 Å². The third-order valence-corrected chi connectivity index (χ3v) is 7.88. The Morgan fingerprint density at radius 2 is 1.92 bits per heavy atom. The van der Waals surface area contributed by atoms with Crippen LogP contribution in [0.3, 0.4) is 0 Å². The van der Waals surface area contributed by atoms with E-state index in [2.05, 4.69) is 42.6 Å². The topological polar surface area (TPSA) is 112 Å². The molecule has 0 aliphatic heterocycles. The summed E-state index contributed by atoms with van der Waals surface area (Å²) in [4.78, 5) is 31.0. The number of anilines is 1. The Labute approximate surface area is 216 Å². The van der Waals surface area contributed by atoms with E-state index in [4.69, 9.17) is 4.98 Å². The van der Waals surface area contributed by atoms with E-state index in [1.165, 1.54) is 0 Å². The fourth-order valence-electron chi connectivity index (χ4n) is 5.11. The number of nitrogens with zero attached hydrogens (tertiary/aromatic N) is 4. The molecule has 0 spiro atoms. The largest absolute Gasteiger partial charge is 0.336 e. The minimum absolute atomic E-state index is 0.0883. The van der Waals surface area contributed by atoms with E-state index in [0.29, 0.717) is 11.5 Å². The van der Waals surface area contributed by atoms with Crippen LogP contribution in [-0.2, 0) is 4.79 Å². The van der Waals surface area contributed by atoms with E-state index in [9.17, 15) is 4.79 Å². The first kappa shape index (κ1) is 21.9. The smallest absolute Gasteiger partial charge is 0.227 e. The lowest BCUT2D eigenvalue weighted by molar-refractivity contribution is -0.119. The lowest BCUT2D eigenvalue weighted by Gasteiger charge is -2.11. The van der Waals surface area contributed by atoms with Crippen molar-refractivity contribution in [2.45, 2.75) is 25.7 Å². The van der Waals surface area contributed by atoms with Crippen LogP contribution >= 0.6 is 11.3 Å². The molecule has 7 rings (SSSR count). The van der Waals surface area contributed by atoms with Crippen LogP contribution in [0.25, 0.3) is 55.2 Å². The number of H-pyrrole nitrogens is 2. The molecule has 0 radical (unpaired) electrons. The fraction of sp³-hybridized carbons (Fsp3) is 0.179. The van der Waals surface area contributed by atoms with Gasteiger partial charge in [-0.05, 0) is 54.1 Å². The average Bonchev–Trinajstić information content (AvgIpc) is 3.74. The normalized spacial score (nSPS) is 14.1. The van der Waals surface area contributed by atoms with E-state index >= 15 is 0 Å². The SMILES string of the molecule is O=C(Nc1cncc(-c2ccc3[nH]nc(-c4nc5c(-c6cccs6)nccc5[nH]4)c3c2)c1)C1CCCC1. The Hall–Kier alpha value is -4.37.